The van der Waals surface area contributed by atoms with E-state index in [1.165, 1.54) is 6.08 Å². The second-order valence-electron chi connectivity index (χ2n) is 4.90. The molecular formula is C16H21NO4. The summed E-state index contributed by atoms with van der Waals surface area (Å²) in [7, 11) is 0. The fraction of sp³-hybridized carbons (Fsp3) is 0.375. The van der Waals surface area contributed by atoms with Crippen LogP contribution < -0.4 is 10.1 Å². The van der Waals surface area contributed by atoms with Gasteiger partial charge in [0.2, 0.25) is 5.91 Å². The Bertz CT molecular complexity index is 506. The van der Waals surface area contributed by atoms with Gasteiger partial charge in [0.15, 0.2) is 0 Å². The van der Waals surface area contributed by atoms with E-state index in [0.29, 0.717) is 6.61 Å². The van der Waals surface area contributed by atoms with Crippen LogP contribution >= 0.6 is 0 Å². The molecule has 0 spiro atoms. The van der Waals surface area contributed by atoms with Crippen molar-refractivity contribution in [1.82, 2.24) is 5.32 Å². The SMILES string of the molecule is CCOc1ccc(/C=C/C(=O)N[C@@H](C(=O)O)C(C)C)cc1. The molecule has 0 aliphatic rings. The van der Waals surface area contributed by atoms with Gasteiger partial charge >= 0.3 is 5.97 Å². The number of amides is 1. The molecule has 0 aliphatic carbocycles. The molecule has 1 amide bonds. The Hall–Kier alpha value is -2.30. The lowest BCUT2D eigenvalue weighted by Crippen LogP contribution is -2.43. The summed E-state index contributed by atoms with van der Waals surface area (Å²) >= 11 is 0. The zero-order valence-electron chi connectivity index (χ0n) is 12.5. The fourth-order valence-corrected chi connectivity index (χ4v) is 1.73. The molecule has 0 fully saturated rings. The van der Waals surface area contributed by atoms with Crippen LogP contribution in [-0.2, 0) is 9.59 Å². The maximum Gasteiger partial charge on any atom is 0.326 e. The second kappa shape index (κ2) is 8.09. The minimum Gasteiger partial charge on any atom is -0.494 e. The number of carbonyl (C=O) groups is 2. The largest absolute Gasteiger partial charge is 0.494 e. The summed E-state index contributed by atoms with van der Waals surface area (Å²) in [5, 5.41) is 11.5. The third kappa shape index (κ3) is 5.69. The standard InChI is InChI=1S/C16H21NO4/c1-4-21-13-8-5-12(6-9-13)7-10-14(18)17-15(11(2)3)16(19)20/h5-11,15H,4H2,1-3H3,(H,17,18)(H,19,20)/b10-7+/t15-/m1/s1. The van der Waals surface area contributed by atoms with E-state index in [-0.39, 0.29) is 5.92 Å². The summed E-state index contributed by atoms with van der Waals surface area (Å²) < 4.78 is 5.32. The normalized spacial score (nSPS) is 12.4. The molecule has 0 bridgehead atoms. The zero-order valence-corrected chi connectivity index (χ0v) is 12.5. The van der Waals surface area contributed by atoms with Gasteiger partial charge in [-0.25, -0.2) is 4.79 Å². The molecule has 0 aliphatic heterocycles. The van der Waals surface area contributed by atoms with Gasteiger partial charge in [0.05, 0.1) is 6.61 Å². The highest BCUT2D eigenvalue weighted by Gasteiger charge is 2.22. The van der Waals surface area contributed by atoms with E-state index in [0.717, 1.165) is 11.3 Å². The highest BCUT2D eigenvalue weighted by Crippen LogP contribution is 2.13. The molecule has 2 N–H and O–H groups in total. The zero-order chi connectivity index (χ0) is 15.8. The fourth-order valence-electron chi connectivity index (χ4n) is 1.73. The summed E-state index contributed by atoms with van der Waals surface area (Å²) in [6, 6.07) is 6.39. The maximum absolute atomic E-state index is 11.7. The van der Waals surface area contributed by atoms with Gasteiger partial charge in [0.25, 0.3) is 0 Å². The first-order valence-corrected chi connectivity index (χ1v) is 6.88. The van der Waals surface area contributed by atoms with Crippen LogP contribution in [0.1, 0.15) is 26.3 Å². The van der Waals surface area contributed by atoms with E-state index in [1.807, 2.05) is 31.2 Å². The summed E-state index contributed by atoms with van der Waals surface area (Å²) in [4.78, 5) is 22.7. The number of carboxylic acids is 1. The van der Waals surface area contributed by atoms with Crippen LogP contribution in [0.25, 0.3) is 6.08 Å². The first kappa shape index (κ1) is 16.8. The Morgan fingerprint density at radius 2 is 1.90 bits per heavy atom. The molecule has 0 saturated carbocycles. The van der Waals surface area contributed by atoms with E-state index in [4.69, 9.17) is 9.84 Å². The molecule has 0 radical (unpaired) electrons. The summed E-state index contributed by atoms with van der Waals surface area (Å²) in [5.41, 5.74) is 0.838. The van der Waals surface area contributed by atoms with Crippen molar-refractivity contribution < 1.29 is 19.4 Å². The topological polar surface area (TPSA) is 75.6 Å². The van der Waals surface area contributed by atoms with Crippen molar-refractivity contribution in [3.63, 3.8) is 0 Å². The smallest absolute Gasteiger partial charge is 0.326 e. The number of carboxylic acid groups (broad SMARTS) is 1. The average molecular weight is 291 g/mol. The molecule has 1 aromatic carbocycles. The molecule has 5 nitrogen and oxygen atoms in total. The van der Waals surface area contributed by atoms with Crippen LogP contribution in [0.3, 0.4) is 0 Å². The van der Waals surface area contributed by atoms with Gasteiger partial charge in [-0.15, -0.1) is 0 Å². The third-order valence-corrected chi connectivity index (χ3v) is 2.85. The van der Waals surface area contributed by atoms with E-state index in [1.54, 1.807) is 19.9 Å². The van der Waals surface area contributed by atoms with Crippen molar-refractivity contribution >= 4 is 18.0 Å². The van der Waals surface area contributed by atoms with Crippen molar-refractivity contribution in [2.45, 2.75) is 26.8 Å². The highest BCUT2D eigenvalue weighted by atomic mass is 16.5. The molecule has 1 rings (SSSR count). The van der Waals surface area contributed by atoms with Crippen LogP contribution in [0.5, 0.6) is 5.75 Å². The van der Waals surface area contributed by atoms with Crippen LogP contribution in [0.15, 0.2) is 30.3 Å². The van der Waals surface area contributed by atoms with Gasteiger partial charge in [-0.05, 0) is 36.6 Å². The molecule has 0 unspecified atom stereocenters. The van der Waals surface area contributed by atoms with Gasteiger partial charge in [0, 0.05) is 6.08 Å². The number of benzene rings is 1. The predicted molar refractivity (Wildman–Crippen MR) is 81.0 cm³/mol. The Labute approximate surface area is 124 Å². The van der Waals surface area contributed by atoms with Crippen molar-refractivity contribution in [2.24, 2.45) is 5.92 Å². The van der Waals surface area contributed by atoms with E-state index >= 15 is 0 Å². The van der Waals surface area contributed by atoms with E-state index < -0.39 is 17.9 Å². The Balaban J connectivity index is 2.62. The number of nitrogens with one attached hydrogen (secondary N) is 1. The van der Waals surface area contributed by atoms with Crippen molar-refractivity contribution in [2.75, 3.05) is 6.61 Å². The van der Waals surface area contributed by atoms with Gasteiger partial charge in [-0.2, -0.15) is 0 Å². The third-order valence-electron chi connectivity index (χ3n) is 2.85. The van der Waals surface area contributed by atoms with Crippen molar-refractivity contribution in [3.05, 3.63) is 35.9 Å². The Morgan fingerprint density at radius 1 is 1.29 bits per heavy atom. The van der Waals surface area contributed by atoms with Crippen LogP contribution in [0, 0.1) is 5.92 Å². The molecule has 0 heterocycles. The highest BCUT2D eigenvalue weighted by molar-refractivity contribution is 5.94. The number of ether oxygens (including phenoxy) is 1. The van der Waals surface area contributed by atoms with E-state index in [2.05, 4.69) is 5.32 Å². The first-order valence-electron chi connectivity index (χ1n) is 6.88. The number of hydrogen-bond acceptors (Lipinski definition) is 3. The monoisotopic (exact) mass is 291 g/mol. The Kier molecular flexibility index (Phi) is 6.46. The lowest BCUT2D eigenvalue weighted by Gasteiger charge is -2.16. The maximum atomic E-state index is 11.7. The van der Waals surface area contributed by atoms with Crippen molar-refractivity contribution in [1.29, 1.82) is 0 Å². The van der Waals surface area contributed by atoms with Crippen LogP contribution in [0.2, 0.25) is 0 Å². The lowest BCUT2D eigenvalue weighted by molar-refractivity contribution is -0.142. The molecule has 114 valence electrons. The molecule has 21 heavy (non-hydrogen) atoms. The molecule has 5 heteroatoms. The summed E-state index contributed by atoms with van der Waals surface area (Å²) in [5.74, 6) is -0.868. The number of hydrogen-bond donors (Lipinski definition) is 2. The first-order chi connectivity index (χ1) is 9.93. The molecular weight excluding hydrogens is 270 g/mol. The molecule has 1 aromatic rings. The lowest BCUT2D eigenvalue weighted by atomic mass is 10.0. The van der Waals surface area contributed by atoms with Crippen LogP contribution in [-0.4, -0.2) is 29.6 Å². The minimum atomic E-state index is -1.03. The van der Waals surface area contributed by atoms with Gasteiger partial charge < -0.3 is 15.2 Å². The summed E-state index contributed by atoms with van der Waals surface area (Å²) in [6.45, 7) is 6.00. The quantitative estimate of drug-likeness (QED) is 0.756. The number of rotatable bonds is 7. The van der Waals surface area contributed by atoms with Crippen LogP contribution in [0.4, 0.5) is 0 Å². The van der Waals surface area contributed by atoms with Crippen molar-refractivity contribution in [3.8, 4) is 5.75 Å². The molecule has 0 saturated heterocycles. The summed E-state index contributed by atoms with van der Waals surface area (Å²) in [6.07, 6.45) is 2.96. The van der Waals surface area contributed by atoms with Gasteiger partial charge in [-0.3, -0.25) is 4.79 Å². The van der Waals surface area contributed by atoms with Gasteiger partial charge in [-0.1, -0.05) is 26.0 Å². The molecule has 0 aromatic heterocycles. The predicted octanol–water partition coefficient (Wildman–Crippen LogP) is 2.32. The minimum absolute atomic E-state index is 0.176. The number of aliphatic carboxylic acids is 1. The average Bonchev–Trinajstić information content (AvgIpc) is 2.43. The van der Waals surface area contributed by atoms with E-state index in [9.17, 15) is 9.59 Å². The number of carbonyl (C=O) groups excluding carboxylic acids is 1. The second-order valence-corrected chi connectivity index (χ2v) is 4.90. The molecule has 1 atom stereocenters. The Morgan fingerprint density at radius 3 is 2.38 bits per heavy atom. The van der Waals surface area contributed by atoms with Gasteiger partial charge in [0.1, 0.15) is 11.8 Å².